The summed E-state index contributed by atoms with van der Waals surface area (Å²) < 4.78 is 3.21. The Kier molecular flexibility index (Phi) is 5.12. The summed E-state index contributed by atoms with van der Waals surface area (Å²) in [6, 6.07) is 18.2. The molecule has 0 spiro atoms. The SMILES string of the molecule is Cn1/c(=N\N=C/[C@H]2CCCC(=Cc3ccccc3)C2=O)sc2ccccc21. The molecule has 0 bridgehead atoms. The summed E-state index contributed by atoms with van der Waals surface area (Å²) in [5.74, 6) is -0.0121. The number of nitrogens with zero attached hydrogens (tertiary/aromatic N) is 3. The summed E-state index contributed by atoms with van der Waals surface area (Å²) in [4.78, 5) is 13.6. The highest BCUT2D eigenvalue weighted by atomic mass is 32.1. The zero-order valence-electron chi connectivity index (χ0n) is 15.2. The summed E-state index contributed by atoms with van der Waals surface area (Å²) in [5.41, 5.74) is 3.09. The third kappa shape index (κ3) is 3.83. The number of aryl methyl sites for hydroxylation is 1. The number of benzene rings is 2. The molecule has 5 heteroatoms. The molecule has 1 fully saturated rings. The van der Waals surface area contributed by atoms with Gasteiger partial charge in [0.15, 0.2) is 5.78 Å². The van der Waals surface area contributed by atoms with E-state index in [0.717, 1.165) is 40.7 Å². The van der Waals surface area contributed by atoms with Crippen LogP contribution < -0.4 is 4.80 Å². The Balaban J connectivity index is 1.55. The van der Waals surface area contributed by atoms with Crippen molar-refractivity contribution in [3.63, 3.8) is 0 Å². The molecule has 0 N–H and O–H groups in total. The van der Waals surface area contributed by atoms with Crippen LogP contribution in [-0.2, 0) is 11.8 Å². The summed E-state index contributed by atoms with van der Waals surface area (Å²) in [6.45, 7) is 0. The van der Waals surface area contributed by atoms with Crippen molar-refractivity contribution in [3.05, 3.63) is 70.5 Å². The minimum absolute atomic E-state index is 0.171. The van der Waals surface area contributed by atoms with Crippen LogP contribution in [0.4, 0.5) is 0 Å². The molecule has 0 unspecified atom stereocenters. The number of fused-ring (bicyclic) bond motifs is 1. The van der Waals surface area contributed by atoms with Crippen molar-refractivity contribution in [2.24, 2.45) is 23.2 Å². The van der Waals surface area contributed by atoms with E-state index in [1.807, 2.05) is 60.2 Å². The third-order valence-corrected chi connectivity index (χ3v) is 5.96. The number of aromatic nitrogens is 1. The van der Waals surface area contributed by atoms with Crippen LogP contribution in [0, 0.1) is 5.92 Å². The van der Waals surface area contributed by atoms with Gasteiger partial charge in [0.25, 0.3) is 0 Å². The first-order valence-corrected chi connectivity index (χ1v) is 9.95. The van der Waals surface area contributed by atoms with Gasteiger partial charge in [0, 0.05) is 13.3 Å². The summed E-state index contributed by atoms with van der Waals surface area (Å²) in [7, 11) is 1.99. The van der Waals surface area contributed by atoms with Gasteiger partial charge in [-0.25, -0.2) is 0 Å². The number of rotatable bonds is 3. The molecule has 2 aromatic carbocycles. The van der Waals surface area contributed by atoms with E-state index in [-0.39, 0.29) is 11.7 Å². The van der Waals surface area contributed by atoms with Crippen LogP contribution in [0.3, 0.4) is 0 Å². The Morgan fingerprint density at radius 3 is 2.70 bits per heavy atom. The van der Waals surface area contributed by atoms with Gasteiger partial charge in [-0.05, 0) is 48.6 Å². The highest BCUT2D eigenvalue weighted by molar-refractivity contribution is 7.16. The second-order valence-corrected chi connectivity index (χ2v) is 7.73. The fourth-order valence-electron chi connectivity index (χ4n) is 3.38. The largest absolute Gasteiger partial charge is 0.318 e. The number of hydrogen-bond acceptors (Lipinski definition) is 4. The van der Waals surface area contributed by atoms with Gasteiger partial charge in [-0.3, -0.25) is 4.79 Å². The first kappa shape index (κ1) is 17.6. The lowest BCUT2D eigenvalue weighted by atomic mass is 9.84. The van der Waals surface area contributed by atoms with Crippen LogP contribution in [0.15, 0.2) is 70.4 Å². The first-order valence-electron chi connectivity index (χ1n) is 9.14. The van der Waals surface area contributed by atoms with E-state index in [4.69, 9.17) is 0 Å². The monoisotopic (exact) mass is 375 g/mol. The molecule has 0 aliphatic heterocycles. The van der Waals surface area contributed by atoms with E-state index in [0.29, 0.717) is 0 Å². The van der Waals surface area contributed by atoms with Crippen molar-refractivity contribution in [2.75, 3.05) is 0 Å². The maximum Gasteiger partial charge on any atom is 0.211 e. The fraction of sp³-hybridized carbons (Fsp3) is 0.227. The van der Waals surface area contributed by atoms with E-state index in [1.165, 1.54) is 4.70 Å². The number of Topliss-reactive ketones (excluding diaryl/α,β-unsaturated/α-hetero) is 1. The van der Waals surface area contributed by atoms with Crippen LogP contribution in [0.5, 0.6) is 0 Å². The Bertz CT molecular complexity index is 1090. The van der Waals surface area contributed by atoms with E-state index in [2.05, 4.69) is 22.3 Å². The molecule has 27 heavy (non-hydrogen) atoms. The lowest BCUT2D eigenvalue weighted by Gasteiger charge is -2.19. The van der Waals surface area contributed by atoms with E-state index in [1.54, 1.807) is 17.6 Å². The molecule has 1 aliphatic carbocycles. The van der Waals surface area contributed by atoms with Crippen molar-refractivity contribution < 1.29 is 4.79 Å². The highest BCUT2D eigenvalue weighted by Gasteiger charge is 2.25. The second kappa shape index (κ2) is 7.84. The molecule has 4 rings (SSSR count). The minimum Gasteiger partial charge on any atom is -0.318 e. The number of thiazole rings is 1. The third-order valence-electron chi connectivity index (χ3n) is 4.86. The Hall–Kier alpha value is -2.79. The van der Waals surface area contributed by atoms with Crippen molar-refractivity contribution >= 4 is 39.6 Å². The van der Waals surface area contributed by atoms with Crippen LogP contribution in [0.2, 0.25) is 0 Å². The van der Waals surface area contributed by atoms with Gasteiger partial charge < -0.3 is 4.57 Å². The fourth-order valence-corrected chi connectivity index (χ4v) is 4.36. The average Bonchev–Trinajstić information content (AvgIpc) is 3.02. The number of hydrogen-bond donors (Lipinski definition) is 0. The maximum absolute atomic E-state index is 12.8. The Morgan fingerprint density at radius 1 is 1.11 bits per heavy atom. The predicted octanol–water partition coefficient (Wildman–Crippen LogP) is 4.58. The second-order valence-electron chi connectivity index (χ2n) is 6.72. The van der Waals surface area contributed by atoms with Crippen LogP contribution in [0.25, 0.3) is 16.3 Å². The first-order chi connectivity index (χ1) is 13.2. The van der Waals surface area contributed by atoms with Crippen molar-refractivity contribution in [1.29, 1.82) is 0 Å². The smallest absolute Gasteiger partial charge is 0.211 e. The number of para-hydroxylation sites is 1. The number of carbonyl (C=O) groups is 1. The number of allylic oxidation sites excluding steroid dienone is 1. The lowest BCUT2D eigenvalue weighted by Crippen LogP contribution is -2.22. The molecule has 0 radical (unpaired) electrons. The van der Waals surface area contributed by atoms with E-state index in [9.17, 15) is 4.79 Å². The Morgan fingerprint density at radius 2 is 1.89 bits per heavy atom. The molecule has 1 aromatic heterocycles. The summed E-state index contributed by atoms with van der Waals surface area (Å²) in [6.07, 6.45) is 6.39. The van der Waals surface area contributed by atoms with Crippen molar-refractivity contribution in [3.8, 4) is 0 Å². The molecular formula is C22H21N3OS. The number of ketones is 1. The van der Waals surface area contributed by atoms with Gasteiger partial charge in [-0.2, -0.15) is 5.10 Å². The standard InChI is InChI=1S/C22H21N3OS/c1-25-19-12-5-6-13-20(19)27-22(25)24-23-15-18-11-7-10-17(21(18)26)14-16-8-3-2-4-9-16/h2-6,8-9,12-15,18H,7,10-11H2,1H3/b17-14?,23-15-,24-22+/t18-/m1/s1. The predicted molar refractivity (Wildman–Crippen MR) is 112 cm³/mol. The van der Waals surface area contributed by atoms with Gasteiger partial charge in [0.05, 0.1) is 16.1 Å². The van der Waals surface area contributed by atoms with Gasteiger partial charge >= 0.3 is 0 Å². The molecule has 0 amide bonds. The van der Waals surface area contributed by atoms with Gasteiger partial charge in [-0.15, -0.1) is 5.10 Å². The lowest BCUT2D eigenvalue weighted by molar-refractivity contribution is -0.118. The summed E-state index contributed by atoms with van der Waals surface area (Å²) >= 11 is 1.60. The topological polar surface area (TPSA) is 46.7 Å². The zero-order valence-corrected chi connectivity index (χ0v) is 16.0. The van der Waals surface area contributed by atoms with Gasteiger partial charge in [0.2, 0.25) is 4.80 Å². The quantitative estimate of drug-likeness (QED) is 0.375. The molecule has 0 saturated heterocycles. The van der Waals surface area contributed by atoms with Crippen LogP contribution in [0.1, 0.15) is 24.8 Å². The molecular weight excluding hydrogens is 354 g/mol. The van der Waals surface area contributed by atoms with Crippen molar-refractivity contribution in [2.45, 2.75) is 19.3 Å². The molecule has 1 heterocycles. The molecule has 4 nitrogen and oxygen atoms in total. The van der Waals surface area contributed by atoms with E-state index < -0.39 is 0 Å². The van der Waals surface area contributed by atoms with Crippen LogP contribution >= 0.6 is 11.3 Å². The molecule has 1 atom stereocenters. The summed E-state index contributed by atoms with van der Waals surface area (Å²) in [5, 5.41) is 8.61. The number of carbonyl (C=O) groups excluding carboxylic acids is 1. The average molecular weight is 375 g/mol. The van der Waals surface area contributed by atoms with Gasteiger partial charge in [-0.1, -0.05) is 53.8 Å². The van der Waals surface area contributed by atoms with Crippen LogP contribution in [-0.4, -0.2) is 16.6 Å². The Labute approximate surface area is 162 Å². The molecule has 136 valence electrons. The highest BCUT2D eigenvalue weighted by Crippen LogP contribution is 2.26. The minimum atomic E-state index is -0.183. The van der Waals surface area contributed by atoms with E-state index >= 15 is 0 Å². The maximum atomic E-state index is 12.8. The zero-order chi connectivity index (χ0) is 18.6. The molecule has 3 aromatic rings. The normalized spacial score (nSPS) is 20.2. The van der Waals surface area contributed by atoms with Crippen molar-refractivity contribution in [1.82, 2.24) is 4.57 Å². The molecule has 1 aliphatic rings. The van der Waals surface area contributed by atoms with Gasteiger partial charge in [0.1, 0.15) is 0 Å². The molecule has 1 saturated carbocycles.